The minimum atomic E-state index is -0.0505. The van der Waals surface area contributed by atoms with Crippen LogP contribution in [0.25, 0.3) is 0 Å². The van der Waals surface area contributed by atoms with Crippen LogP contribution in [0.15, 0.2) is 35.4 Å². The van der Waals surface area contributed by atoms with Crippen LogP contribution in [0.3, 0.4) is 0 Å². The van der Waals surface area contributed by atoms with Gasteiger partial charge < -0.3 is 10.2 Å². The second-order valence-electron chi connectivity index (χ2n) is 7.84. The molecule has 1 aromatic heterocycles. The van der Waals surface area contributed by atoms with E-state index in [1.807, 2.05) is 30.9 Å². The molecule has 152 valence electrons. The number of hydrogen-bond acceptors (Lipinski definition) is 4. The molecule has 2 aliphatic rings. The van der Waals surface area contributed by atoms with Crippen LogP contribution in [0.5, 0.6) is 0 Å². The number of fused-ring (bicyclic) bond motifs is 2. The molecule has 1 aliphatic heterocycles. The fourth-order valence-electron chi connectivity index (χ4n) is 4.35. The number of carbonyl (C=O) groups is 2. The van der Waals surface area contributed by atoms with Gasteiger partial charge in [0.25, 0.3) is 0 Å². The summed E-state index contributed by atoms with van der Waals surface area (Å²) >= 11 is 1.70. The van der Waals surface area contributed by atoms with Crippen molar-refractivity contribution in [1.82, 2.24) is 10.3 Å². The van der Waals surface area contributed by atoms with Crippen LogP contribution in [0.4, 0.5) is 5.69 Å². The van der Waals surface area contributed by atoms with E-state index in [-0.39, 0.29) is 30.7 Å². The monoisotopic (exact) mass is 409 g/mol. The number of nitrogens with one attached hydrogen (secondary N) is 1. The first-order valence-corrected chi connectivity index (χ1v) is 11.3. The summed E-state index contributed by atoms with van der Waals surface area (Å²) < 4.78 is 0. The lowest BCUT2D eigenvalue weighted by Gasteiger charge is -2.30. The number of rotatable bonds is 4. The van der Waals surface area contributed by atoms with E-state index >= 15 is 0 Å². The maximum atomic E-state index is 12.9. The fraction of sp³-hybridized carbons (Fsp3) is 0.435. The van der Waals surface area contributed by atoms with Gasteiger partial charge in [-0.3, -0.25) is 9.59 Å². The molecule has 0 fully saturated rings. The third-order valence-electron chi connectivity index (χ3n) is 5.67. The van der Waals surface area contributed by atoms with Gasteiger partial charge >= 0.3 is 0 Å². The molecule has 0 radical (unpaired) electrons. The maximum absolute atomic E-state index is 12.9. The van der Waals surface area contributed by atoms with Crippen LogP contribution >= 0.6 is 11.8 Å². The number of aromatic nitrogens is 1. The number of carbonyl (C=O) groups excluding carboxylic acids is 2. The van der Waals surface area contributed by atoms with E-state index in [4.69, 9.17) is 0 Å². The highest BCUT2D eigenvalue weighted by Crippen LogP contribution is 2.36. The molecule has 6 heteroatoms. The summed E-state index contributed by atoms with van der Waals surface area (Å²) in [6.45, 7) is 4.66. The molecule has 2 amide bonds. The topological polar surface area (TPSA) is 62.3 Å². The Kier molecular flexibility index (Phi) is 5.90. The molecule has 2 heterocycles. The van der Waals surface area contributed by atoms with Crippen molar-refractivity contribution in [1.29, 1.82) is 0 Å². The Labute approximate surface area is 176 Å². The van der Waals surface area contributed by atoms with Crippen LogP contribution < -0.4 is 10.2 Å². The van der Waals surface area contributed by atoms with Gasteiger partial charge in [-0.15, -0.1) is 11.8 Å². The molecule has 0 bridgehead atoms. The highest BCUT2D eigenvalue weighted by atomic mass is 32.2. The molecular weight excluding hydrogens is 382 g/mol. The summed E-state index contributed by atoms with van der Waals surface area (Å²) in [5.41, 5.74) is 5.49. The molecule has 5 nitrogen and oxygen atoms in total. The van der Waals surface area contributed by atoms with E-state index in [2.05, 4.69) is 28.5 Å². The molecule has 0 spiro atoms. The Morgan fingerprint density at radius 3 is 2.93 bits per heavy atom. The Morgan fingerprint density at radius 2 is 2.07 bits per heavy atom. The average Bonchev–Trinajstić information content (AvgIpc) is 2.71. The largest absolute Gasteiger partial charge is 0.349 e. The first-order valence-electron chi connectivity index (χ1n) is 10.3. The normalized spacial score (nSPS) is 18.0. The Bertz CT molecular complexity index is 944. The molecule has 4 rings (SSSR count). The van der Waals surface area contributed by atoms with Crippen molar-refractivity contribution in [2.45, 2.75) is 57.0 Å². The molecule has 29 heavy (non-hydrogen) atoms. The predicted octanol–water partition coefficient (Wildman–Crippen LogP) is 4.11. The zero-order valence-electron chi connectivity index (χ0n) is 17.0. The number of thioether (sulfide) groups is 1. The third-order valence-corrected chi connectivity index (χ3v) is 6.62. The van der Waals surface area contributed by atoms with Crippen molar-refractivity contribution in [3.63, 3.8) is 0 Å². The number of hydrogen-bond donors (Lipinski definition) is 1. The summed E-state index contributed by atoms with van der Waals surface area (Å²) in [5.74, 6) is 0.782. The SMILES string of the molecule is Cc1cc(C)c2c(n1)SCCN2C(=O)CCC(=O)N[C@@H]1CCCc2ccccc21. The molecule has 0 saturated heterocycles. The van der Waals surface area contributed by atoms with Crippen LogP contribution in [-0.4, -0.2) is 29.1 Å². The van der Waals surface area contributed by atoms with Gasteiger partial charge in [-0.2, -0.15) is 0 Å². The zero-order chi connectivity index (χ0) is 20.4. The number of anilines is 1. The van der Waals surface area contributed by atoms with E-state index in [0.717, 1.165) is 47.0 Å². The first kappa shape index (κ1) is 20.0. The lowest BCUT2D eigenvalue weighted by atomic mass is 9.87. The summed E-state index contributed by atoms with van der Waals surface area (Å²) in [7, 11) is 0. The molecule has 1 aliphatic carbocycles. The van der Waals surface area contributed by atoms with E-state index in [1.165, 1.54) is 11.1 Å². The lowest BCUT2D eigenvalue weighted by Crippen LogP contribution is -2.37. The summed E-state index contributed by atoms with van der Waals surface area (Å²) in [6.07, 6.45) is 3.54. The molecular formula is C23H27N3O2S. The molecule has 1 N–H and O–H groups in total. The number of nitrogens with zero attached hydrogens (tertiary/aromatic N) is 2. The quantitative estimate of drug-likeness (QED) is 0.825. The summed E-state index contributed by atoms with van der Waals surface area (Å²) in [4.78, 5) is 31.9. The zero-order valence-corrected chi connectivity index (χ0v) is 17.8. The van der Waals surface area contributed by atoms with E-state index < -0.39 is 0 Å². The van der Waals surface area contributed by atoms with Crippen molar-refractivity contribution in [2.75, 3.05) is 17.2 Å². The highest BCUT2D eigenvalue weighted by Gasteiger charge is 2.27. The molecule has 1 aromatic carbocycles. The van der Waals surface area contributed by atoms with Gasteiger partial charge in [0.1, 0.15) is 5.03 Å². The van der Waals surface area contributed by atoms with Crippen molar-refractivity contribution in [2.24, 2.45) is 0 Å². The minimum absolute atomic E-state index is 0.000465. The summed E-state index contributed by atoms with van der Waals surface area (Å²) in [5, 5.41) is 4.07. The second kappa shape index (κ2) is 8.57. The summed E-state index contributed by atoms with van der Waals surface area (Å²) in [6, 6.07) is 10.4. The fourth-order valence-corrected chi connectivity index (χ4v) is 5.43. The minimum Gasteiger partial charge on any atom is -0.349 e. The van der Waals surface area contributed by atoms with Gasteiger partial charge in [-0.25, -0.2) is 4.98 Å². The van der Waals surface area contributed by atoms with Crippen LogP contribution in [0, 0.1) is 13.8 Å². The lowest BCUT2D eigenvalue weighted by molar-refractivity contribution is -0.125. The van der Waals surface area contributed by atoms with E-state index in [9.17, 15) is 9.59 Å². The van der Waals surface area contributed by atoms with E-state index in [0.29, 0.717) is 6.54 Å². The Hall–Kier alpha value is -2.34. The van der Waals surface area contributed by atoms with Gasteiger partial charge in [0.15, 0.2) is 0 Å². The number of amides is 2. The molecule has 2 aromatic rings. The molecule has 0 saturated carbocycles. The van der Waals surface area contributed by atoms with Crippen molar-refractivity contribution in [3.05, 3.63) is 52.7 Å². The van der Waals surface area contributed by atoms with Crippen LogP contribution in [0.1, 0.15) is 54.1 Å². The second-order valence-corrected chi connectivity index (χ2v) is 8.92. The smallest absolute Gasteiger partial charge is 0.227 e. The first-order chi connectivity index (χ1) is 14.0. The van der Waals surface area contributed by atoms with Gasteiger partial charge in [0.2, 0.25) is 11.8 Å². The van der Waals surface area contributed by atoms with Gasteiger partial charge in [0, 0.05) is 30.8 Å². The van der Waals surface area contributed by atoms with Crippen molar-refractivity contribution < 1.29 is 9.59 Å². The molecule has 1 atom stereocenters. The average molecular weight is 410 g/mol. The van der Waals surface area contributed by atoms with Gasteiger partial charge in [0.05, 0.1) is 11.7 Å². The van der Waals surface area contributed by atoms with Crippen LogP contribution in [0.2, 0.25) is 0 Å². The van der Waals surface area contributed by atoms with Crippen molar-refractivity contribution >= 4 is 29.3 Å². The Balaban J connectivity index is 1.38. The standard InChI is InChI=1S/C23H27N3O2S/c1-15-14-16(2)24-23-22(15)26(12-13-29-23)21(28)11-10-20(27)25-19-9-5-7-17-6-3-4-8-18(17)19/h3-4,6,8,14,19H,5,7,9-13H2,1-2H3,(H,25,27)/t19-/m1/s1. The number of pyridine rings is 1. The van der Waals surface area contributed by atoms with Crippen LogP contribution in [-0.2, 0) is 16.0 Å². The molecule has 0 unspecified atom stereocenters. The maximum Gasteiger partial charge on any atom is 0.227 e. The number of benzene rings is 1. The predicted molar refractivity (Wildman–Crippen MR) is 116 cm³/mol. The van der Waals surface area contributed by atoms with Gasteiger partial charge in [-0.05, 0) is 55.9 Å². The number of aryl methyl sites for hydroxylation is 3. The van der Waals surface area contributed by atoms with E-state index in [1.54, 1.807) is 11.8 Å². The Morgan fingerprint density at radius 1 is 1.24 bits per heavy atom. The third kappa shape index (κ3) is 4.32. The van der Waals surface area contributed by atoms with Gasteiger partial charge in [-0.1, -0.05) is 24.3 Å². The highest BCUT2D eigenvalue weighted by molar-refractivity contribution is 7.99. The van der Waals surface area contributed by atoms with Crippen molar-refractivity contribution in [3.8, 4) is 0 Å².